The van der Waals surface area contributed by atoms with Gasteiger partial charge in [-0.25, -0.2) is 0 Å². The summed E-state index contributed by atoms with van der Waals surface area (Å²) in [6.07, 6.45) is 0. The van der Waals surface area contributed by atoms with Crippen molar-refractivity contribution in [2.24, 2.45) is 0 Å². The Hall–Kier alpha value is -1.85. The second-order valence-electron chi connectivity index (χ2n) is 4.03. The highest BCUT2D eigenvalue weighted by Gasteiger charge is 2.47. The molecule has 2 aromatic rings. The van der Waals surface area contributed by atoms with Crippen LogP contribution in [-0.2, 0) is 10.4 Å². The highest BCUT2D eigenvalue weighted by molar-refractivity contribution is 7.14. The van der Waals surface area contributed by atoms with Gasteiger partial charge in [-0.05, 0) is 18.2 Å². The number of amides is 1. The molecule has 1 unspecified atom stereocenters. The van der Waals surface area contributed by atoms with E-state index in [1.165, 1.54) is 11.3 Å². The number of anilines is 1. The Labute approximate surface area is 108 Å². The molecule has 3 rings (SSSR count). The van der Waals surface area contributed by atoms with E-state index in [1.807, 2.05) is 6.07 Å². The monoisotopic (exact) mass is 261 g/mol. The molecule has 1 aliphatic rings. The fourth-order valence-electron chi connectivity index (χ4n) is 2.11. The molecule has 4 nitrogen and oxygen atoms in total. The quantitative estimate of drug-likeness (QED) is 0.868. The van der Waals surface area contributed by atoms with E-state index >= 15 is 0 Å². The molecular weight excluding hydrogens is 250 g/mol. The molecule has 2 heterocycles. The number of carbonyl (C=O) groups excluding carboxylic acids is 1. The molecule has 0 radical (unpaired) electrons. The lowest BCUT2D eigenvalue weighted by molar-refractivity contribution is -0.129. The zero-order valence-electron chi connectivity index (χ0n) is 9.64. The summed E-state index contributed by atoms with van der Waals surface area (Å²) in [7, 11) is 1.56. The van der Waals surface area contributed by atoms with Crippen molar-refractivity contribution in [1.29, 1.82) is 0 Å². The number of rotatable bonds is 2. The number of carbonyl (C=O) groups is 1. The van der Waals surface area contributed by atoms with Crippen LogP contribution in [-0.4, -0.2) is 18.1 Å². The molecule has 2 N–H and O–H groups in total. The molecule has 1 amide bonds. The van der Waals surface area contributed by atoms with E-state index in [9.17, 15) is 9.90 Å². The fourth-order valence-corrected chi connectivity index (χ4v) is 3.03. The summed E-state index contributed by atoms with van der Waals surface area (Å²) < 4.78 is 5.10. The summed E-state index contributed by atoms with van der Waals surface area (Å²) in [5.41, 5.74) is -0.380. The van der Waals surface area contributed by atoms with Gasteiger partial charge in [-0.2, -0.15) is 0 Å². The van der Waals surface area contributed by atoms with Crippen LogP contribution in [0.1, 0.15) is 10.4 Å². The number of benzene rings is 1. The van der Waals surface area contributed by atoms with E-state index in [2.05, 4.69) is 5.32 Å². The van der Waals surface area contributed by atoms with Crippen LogP contribution in [0.15, 0.2) is 36.4 Å². The molecule has 0 fully saturated rings. The van der Waals surface area contributed by atoms with Gasteiger partial charge in [-0.15, -0.1) is 11.3 Å². The molecule has 1 aromatic carbocycles. The van der Waals surface area contributed by atoms with Crippen molar-refractivity contribution in [1.82, 2.24) is 0 Å². The van der Waals surface area contributed by atoms with Crippen LogP contribution in [0.3, 0.4) is 0 Å². The summed E-state index contributed by atoms with van der Waals surface area (Å²) in [6, 6.07) is 10.6. The third kappa shape index (κ3) is 1.38. The van der Waals surface area contributed by atoms with Crippen molar-refractivity contribution in [3.8, 4) is 5.06 Å². The number of hydrogen-bond acceptors (Lipinski definition) is 4. The van der Waals surface area contributed by atoms with Crippen LogP contribution in [0.25, 0.3) is 0 Å². The van der Waals surface area contributed by atoms with Crippen molar-refractivity contribution in [3.05, 3.63) is 46.8 Å². The molecule has 1 aromatic heterocycles. The first-order valence-corrected chi connectivity index (χ1v) is 6.25. The van der Waals surface area contributed by atoms with Crippen molar-refractivity contribution >= 4 is 22.9 Å². The summed E-state index contributed by atoms with van der Waals surface area (Å²) in [5.74, 6) is -0.423. The molecule has 1 atom stereocenters. The SMILES string of the molecule is COc1ccc(C2(O)C(=O)Nc3ccccc32)s1. The summed E-state index contributed by atoms with van der Waals surface area (Å²) in [5, 5.41) is 14.1. The summed E-state index contributed by atoms with van der Waals surface area (Å²) in [4.78, 5) is 12.6. The normalized spacial score (nSPS) is 21.6. The van der Waals surface area contributed by atoms with E-state index in [0.717, 1.165) is 0 Å². The highest BCUT2D eigenvalue weighted by Crippen LogP contribution is 2.44. The number of ether oxygens (including phenoxy) is 1. The van der Waals surface area contributed by atoms with Gasteiger partial charge in [0, 0.05) is 11.3 Å². The predicted octanol–water partition coefficient (Wildman–Crippen LogP) is 1.94. The predicted molar refractivity (Wildman–Crippen MR) is 68.9 cm³/mol. The van der Waals surface area contributed by atoms with Gasteiger partial charge in [-0.1, -0.05) is 18.2 Å². The van der Waals surface area contributed by atoms with E-state index in [1.54, 1.807) is 37.4 Å². The summed E-state index contributed by atoms with van der Waals surface area (Å²) in [6.45, 7) is 0. The average molecular weight is 261 g/mol. The van der Waals surface area contributed by atoms with Crippen molar-refractivity contribution in [3.63, 3.8) is 0 Å². The van der Waals surface area contributed by atoms with E-state index < -0.39 is 11.5 Å². The van der Waals surface area contributed by atoms with Gasteiger partial charge in [0.1, 0.15) is 0 Å². The maximum Gasteiger partial charge on any atom is 0.266 e. The number of nitrogens with one attached hydrogen (secondary N) is 1. The van der Waals surface area contributed by atoms with Crippen LogP contribution in [0.5, 0.6) is 5.06 Å². The van der Waals surface area contributed by atoms with Crippen LogP contribution in [0.2, 0.25) is 0 Å². The topological polar surface area (TPSA) is 58.6 Å². The maximum absolute atomic E-state index is 12.1. The Bertz CT molecular complexity index is 622. The fraction of sp³-hybridized carbons (Fsp3) is 0.154. The number of aliphatic hydroxyl groups is 1. The maximum atomic E-state index is 12.1. The lowest BCUT2D eigenvalue weighted by Gasteiger charge is -2.18. The first-order valence-electron chi connectivity index (χ1n) is 5.44. The Morgan fingerprint density at radius 1 is 1.28 bits per heavy atom. The first-order chi connectivity index (χ1) is 8.66. The first kappa shape index (κ1) is 11.3. The molecule has 0 spiro atoms. The van der Waals surface area contributed by atoms with Gasteiger partial charge in [0.25, 0.3) is 5.91 Å². The van der Waals surface area contributed by atoms with Crippen LogP contribution >= 0.6 is 11.3 Å². The second kappa shape index (κ2) is 3.83. The molecule has 1 aliphatic heterocycles. The minimum Gasteiger partial charge on any atom is -0.487 e. The van der Waals surface area contributed by atoms with Gasteiger partial charge < -0.3 is 15.2 Å². The van der Waals surface area contributed by atoms with Crippen LogP contribution < -0.4 is 10.1 Å². The number of para-hydroxylation sites is 1. The highest BCUT2D eigenvalue weighted by atomic mass is 32.1. The van der Waals surface area contributed by atoms with Crippen molar-refractivity contribution in [2.45, 2.75) is 5.60 Å². The minimum absolute atomic E-state index is 0.423. The molecule has 0 bridgehead atoms. The van der Waals surface area contributed by atoms with Crippen molar-refractivity contribution in [2.75, 3.05) is 12.4 Å². The number of thiophene rings is 1. The number of fused-ring (bicyclic) bond motifs is 1. The number of hydrogen-bond donors (Lipinski definition) is 2. The van der Waals surface area contributed by atoms with Gasteiger partial charge in [0.2, 0.25) is 5.60 Å². The second-order valence-corrected chi connectivity index (χ2v) is 5.08. The van der Waals surface area contributed by atoms with Gasteiger partial charge >= 0.3 is 0 Å². The Balaban J connectivity index is 2.17. The lowest BCUT2D eigenvalue weighted by atomic mass is 9.94. The van der Waals surface area contributed by atoms with Gasteiger partial charge in [0.15, 0.2) is 5.06 Å². The number of methoxy groups -OCH3 is 1. The molecule has 0 aliphatic carbocycles. The third-order valence-corrected chi connectivity index (χ3v) is 4.19. The van der Waals surface area contributed by atoms with Crippen LogP contribution in [0.4, 0.5) is 5.69 Å². The molecular formula is C13H11NO3S. The molecule has 0 saturated heterocycles. The van der Waals surface area contributed by atoms with Crippen LogP contribution in [0, 0.1) is 0 Å². The van der Waals surface area contributed by atoms with E-state index in [-0.39, 0.29) is 0 Å². The molecule has 0 saturated carbocycles. The Kier molecular flexibility index (Phi) is 2.39. The minimum atomic E-state index is -1.61. The average Bonchev–Trinajstić information content (AvgIpc) is 2.95. The van der Waals surface area contributed by atoms with Gasteiger partial charge in [0.05, 0.1) is 12.0 Å². The molecule has 92 valence electrons. The van der Waals surface area contributed by atoms with E-state index in [0.29, 0.717) is 21.2 Å². The smallest absolute Gasteiger partial charge is 0.266 e. The summed E-state index contributed by atoms with van der Waals surface area (Å²) >= 11 is 1.26. The van der Waals surface area contributed by atoms with Crippen molar-refractivity contribution < 1.29 is 14.6 Å². The largest absolute Gasteiger partial charge is 0.487 e. The zero-order valence-corrected chi connectivity index (χ0v) is 10.5. The third-order valence-electron chi connectivity index (χ3n) is 3.03. The standard InChI is InChI=1S/C13H11NO3S/c1-17-11-7-6-10(18-11)13(16)8-4-2-3-5-9(8)14-12(13)15/h2-7,16H,1H3,(H,14,15). The Morgan fingerprint density at radius 3 is 2.78 bits per heavy atom. The zero-order chi connectivity index (χ0) is 12.8. The molecule has 5 heteroatoms. The lowest BCUT2D eigenvalue weighted by Crippen LogP contribution is -2.34. The molecule has 18 heavy (non-hydrogen) atoms. The Morgan fingerprint density at radius 2 is 2.06 bits per heavy atom. The van der Waals surface area contributed by atoms with E-state index in [4.69, 9.17) is 4.74 Å². The van der Waals surface area contributed by atoms with Gasteiger partial charge in [-0.3, -0.25) is 4.79 Å².